The number of aliphatic hydroxyl groups excluding tert-OH is 1. The van der Waals surface area contributed by atoms with Crippen molar-refractivity contribution in [2.75, 3.05) is 6.61 Å². The van der Waals surface area contributed by atoms with Crippen LogP contribution in [-0.2, 0) is 4.79 Å². The van der Waals surface area contributed by atoms with Crippen molar-refractivity contribution in [3.05, 3.63) is 11.1 Å². The molecular formula is C10H16O2. The second kappa shape index (κ2) is 3.85. The Morgan fingerprint density at radius 2 is 2.33 bits per heavy atom. The normalized spacial score (nSPS) is 28.9. The number of hydrogen-bond donors (Lipinski definition) is 1. The molecule has 0 aromatic rings. The number of carbonyl (C=O) groups is 1. The first kappa shape index (κ1) is 9.46. The van der Waals surface area contributed by atoms with Gasteiger partial charge < -0.3 is 5.11 Å². The van der Waals surface area contributed by atoms with Gasteiger partial charge in [-0.15, -0.1) is 0 Å². The Kier molecular flexibility index (Phi) is 3.04. The van der Waals surface area contributed by atoms with E-state index in [0.717, 1.165) is 24.0 Å². The number of carbonyl (C=O) groups excluding carboxylic acids is 1. The van der Waals surface area contributed by atoms with Crippen LogP contribution in [0.2, 0.25) is 0 Å². The molecule has 1 aliphatic rings. The van der Waals surface area contributed by atoms with E-state index < -0.39 is 0 Å². The summed E-state index contributed by atoms with van der Waals surface area (Å²) in [7, 11) is 0. The summed E-state index contributed by atoms with van der Waals surface area (Å²) in [5.41, 5.74) is 1.72. The second-order valence-corrected chi connectivity index (χ2v) is 3.69. The second-order valence-electron chi connectivity index (χ2n) is 3.69. The van der Waals surface area contributed by atoms with E-state index in [1.54, 1.807) is 0 Å². The molecule has 1 atom stereocenters. The molecule has 0 aromatic heterocycles. The molecule has 68 valence electrons. The van der Waals surface area contributed by atoms with Crippen molar-refractivity contribution in [2.24, 2.45) is 5.92 Å². The van der Waals surface area contributed by atoms with Crippen LogP contribution in [0.5, 0.6) is 0 Å². The first-order chi connectivity index (χ1) is 5.65. The largest absolute Gasteiger partial charge is 0.392 e. The summed E-state index contributed by atoms with van der Waals surface area (Å²) in [6.45, 7) is 3.96. The number of ketones is 1. The van der Waals surface area contributed by atoms with Crippen LogP contribution in [0.25, 0.3) is 0 Å². The van der Waals surface area contributed by atoms with Gasteiger partial charge in [0, 0.05) is 6.42 Å². The van der Waals surface area contributed by atoms with Gasteiger partial charge in [-0.2, -0.15) is 0 Å². The van der Waals surface area contributed by atoms with Crippen molar-refractivity contribution in [3.8, 4) is 0 Å². The van der Waals surface area contributed by atoms with Gasteiger partial charge in [0.15, 0.2) is 5.78 Å². The summed E-state index contributed by atoms with van der Waals surface area (Å²) in [6.07, 6.45) is 2.59. The quantitative estimate of drug-likeness (QED) is 0.605. The molecule has 0 aromatic carbocycles. The zero-order valence-electron chi connectivity index (χ0n) is 7.76. The summed E-state index contributed by atoms with van der Waals surface area (Å²) in [5.74, 6) is 0.757. The van der Waals surface area contributed by atoms with E-state index in [4.69, 9.17) is 5.11 Å². The maximum Gasteiger partial charge on any atom is 0.159 e. The van der Waals surface area contributed by atoms with Gasteiger partial charge in [-0.05, 0) is 36.8 Å². The lowest BCUT2D eigenvalue weighted by Crippen LogP contribution is -2.17. The molecule has 2 heteroatoms. The van der Waals surface area contributed by atoms with E-state index in [-0.39, 0.29) is 12.4 Å². The van der Waals surface area contributed by atoms with Gasteiger partial charge in [-0.25, -0.2) is 0 Å². The number of aliphatic hydroxyl groups is 1. The third-order valence-electron chi connectivity index (χ3n) is 2.51. The molecule has 0 amide bonds. The van der Waals surface area contributed by atoms with Crippen molar-refractivity contribution >= 4 is 5.78 Å². The number of Topliss-reactive ketones (excluding diaryl/α,β-unsaturated/α-hetero) is 1. The predicted octanol–water partition coefficient (Wildman–Crippen LogP) is 1.68. The first-order valence-corrected chi connectivity index (χ1v) is 4.47. The number of hydrogen-bond acceptors (Lipinski definition) is 2. The van der Waals surface area contributed by atoms with Gasteiger partial charge in [0.25, 0.3) is 0 Å². The Labute approximate surface area is 73.3 Å². The SMILES string of the molecule is C/C(CO)=C1/CCC(C)CC1=O. The fraction of sp³-hybridized carbons (Fsp3) is 0.700. The molecule has 0 spiro atoms. The van der Waals surface area contributed by atoms with Crippen LogP contribution >= 0.6 is 0 Å². The molecule has 0 aliphatic heterocycles. The lowest BCUT2D eigenvalue weighted by atomic mass is 9.84. The van der Waals surface area contributed by atoms with Crippen LogP contribution < -0.4 is 0 Å². The van der Waals surface area contributed by atoms with Gasteiger partial charge in [-0.1, -0.05) is 6.92 Å². The highest BCUT2D eigenvalue weighted by Crippen LogP contribution is 2.26. The Morgan fingerprint density at radius 3 is 2.83 bits per heavy atom. The maximum atomic E-state index is 11.4. The standard InChI is InChI=1S/C10H16O2/c1-7-3-4-9(8(2)6-11)10(12)5-7/h7,11H,3-6H2,1-2H3/b9-8+. The molecule has 0 bridgehead atoms. The van der Waals surface area contributed by atoms with Gasteiger partial charge in [0.1, 0.15) is 0 Å². The van der Waals surface area contributed by atoms with E-state index in [0.29, 0.717) is 12.3 Å². The van der Waals surface area contributed by atoms with Gasteiger partial charge in [0.2, 0.25) is 0 Å². The molecular weight excluding hydrogens is 152 g/mol. The first-order valence-electron chi connectivity index (χ1n) is 4.47. The lowest BCUT2D eigenvalue weighted by molar-refractivity contribution is -0.117. The minimum absolute atomic E-state index is 0.0233. The van der Waals surface area contributed by atoms with E-state index in [1.807, 2.05) is 6.92 Å². The third kappa shape index (κ3) is 1.95. The average molecular weight is 168 g/mol. The smallest absolute Gasteiger partial charge is 0.159 e. The molecule has 1 rings (SSSR count). The summed E-state index contributed by atoms with van der Waals surface area (Å²) in [4.78, 5) is 11.4. The molecule has 1 saturated carbocycles. The molecule has 1 aliphatic carbocycles. The molecule has 1 N–H and O–H groups in total. The predicted molar refractivity (Wildman–Crippen MR) is 47.8 cm³/mol. The lowest BCUT2D eigenvalue weighted by Gasteiger charge is -2.20. The van der Waals surface area contributed by atoms with E-state index >= 15 is 0 Å². The van der Waals surface area contributed by atoms with Crippen LogP contribution in [0.15, 0.2) is 11.1 Å². The molecule has 0 saturated heterocycles. The summed E-state index contributed by atoms with van der Waals surface area (Å²) in [6, 6.07) is 0. The highest BCUT2D eigenvalue weighted by atomic mass is 16.3. The Balaban J connectivity index is 2.75. The minimum atomic E-state index is 0.0233. The van der Waals surface area contributed by atoms with Crippen LogP contribution in [0, 0.1) is 5.92 Å². The summed E-state index contributed by atoms with van der Waals surface area (Å²) < 4.78 is 0. The Morgan fingerprint density at radius 1 is 1.67 bits per heavy atom. The zero-order valence-corrected chi connectivity index (χ0v) is 7.76. The van der Waals surface area contributed by atoms with E-state index in [9.17, 15) is 4.79 Å². The molecule has 12 heavy (non-hydrogen) atoms. The fourth-order valence-corrected chi connectivity index (χ4v) is 1.62. The Bertz CT molecular complexity index is 216. The molecule has 0 heterocycles. The monoisotopic (exact) mass is 168 g/mol. The minimum Gasteiger partial charge on any atom is -0.392 e. The topological polar surface area (TPSA) is 37.3 Å². The number of rotatable bonds is 1. The van der Waals surface area contributed by atoms with Gasteiger partial charge in [0.05, 0.1) is 6.61 Å². The fourth-order valence-electron chi connectivity index (χ4n) is 1.62. The molecule has 2 nitrogen and oxygen atoms in total. The van der Waals surface area contributed by atoms with Crippen LogP contribution in [0.4, 0.5) is 0 Å². The molecule has 1 fully saturated rings. The van der Waals surface area contributed by atoms with Crippen molar-refractivity contribution in [1.82, 2.24) is 0 Å². The average Bonchev–Trinajstić information content (AvgIpc) is 2.03. The van der Waals surface area contributed by atoms with Gasteiger partial charge >= 0.3 is 0 Å². The van der Waals surface area contributed by atoms with Crippen LogP contribution in [0.1, 0.15) is 33.1 Å². The Hall–Kier alpha value is -0.630. The maximum absolute atomic E-state index is 11.4. The molecule has 1 unspecified atom stereocenters. The van der Waals surface area contributed by atoms with Crippen molar-refractivity contribution < 1.29 is 9.90 Å². The third-order valence-corrected chi connectivity index (χ3v) is 2.51. The molecule has 0 radical (unpaired) electrons. The number of allylic oxidation sites excluding steroid dienone is 1. The van der Waals surface area contributed by atoms with Crippen molar-refractivity contribution in [1.29, 1.82) is 0 Å². The van der Waals surface area contributed by atoms with Crippen LogP contribution in [-0.4, -0.2) is 17.5 Å². The summed E-state index contributed by atoms with van der Waals surface area (Å²) >= 11 is 0. The van der Waals surface area contributed by atoms with E-state index in [2.05, 4.69) is 6.92 Å². The van der Waals surface area contributed by atoms with Crippen molar-refractivity contribution in [2.45, 2.75) is 33.1 Å². The van der Waals surface area contributed by atoms with Crippen LogP contribution in [0.3, 0.4) is 0 Å². The summed E-state index contributed by atoms with van der Waals surface area (Å²) in [5, 5.41) is 8.86. The zero-order chi connectivity index (χ0) is 9.14. The van der Waals surface area contributed by atoms with Gasteiger partial charge in [-0.3, -0.25) is 4.79 Å². The highest BCUT2D eigenvalue weighted by molar-refractivity contribution is 5.96. The highest BCUT2D eigenvalue weighted by Gasteiger charge is 2.21. The van der Waals surface area contributed by atoms with Crippen molar-refractivity contribution in [3.63, 3.8) is 0 Å². The van der Waals surface area contributed by atoms with E-state index in [1.165, 1.54) is 0 Å².